The van der Waals surface area contributed by atoms with Crippen LogP contribution in [0.25, 0.3) is 5.69 Å². The van der Waals surface area contributed by atoms with E-state index in [9.17, 15) is 9.59 Å². The summed E-state index contributed by atoms with van der Waals surface area (Å²) in [6.45, 7) is 1.65. The van der Waals surface area contributed by atoms with E-state index in [-0.39, 0.29) is 12.5 Å². The summed E-state index contributed by atoms with van der Waals surface area (Å²) in [5.74, 6) is 0.00278. The van der Waals surface area contributed by atoms with Gasteiger partial charge in [0.1, 0.15) is 11.5 Å². The number of rotatable bonds is 4. The highest BCUT2D eigenvalue weighted by atomic mass is 16.3. The van der Waals surface area contributed by atoms with Gasteiger partial charge in [-0.3, -0.25) is 9.69 Å². The molecule has 3 amide bonds. The van der Waals surface area contributed by atoms with E-state index >= 15 is 0 Å². The fraction of sp³-hybridized carbons (Fsp3) is 0.176. The molecule has 1 aromatic carbocycles. The SMILES string of the molecule is C[C@@]1(c2ccco2)NC(=O)N(Cc2cnn(-c3ccccc3)n2)C1=O. The van der Waals surface area contributed by atoms with Crippen molar-refractivity contribution in [1.82, 2.24) is 25.2 Å². The van der Waals surface area contributed by atoms with Crippen molar-refractivity contribution in [3.63, 3.8) is 0 Å². The Morgan fingerprint density at radius 3 is 2.68 bits per heavy atom. The normalized spacial score (nSPS) is 20.1. The highest BCUT2D eigenvalue weighted by molar-refractivity contribution is 6.06. The fourth-order valence-corrected chi connectivity index (χ4v) is 2.79. The van der Waals surface area contributed by atoms with Gasteiger partial charge in [0.2, 0.25) is 0 Å². The lowest BCUT2D eigenvalue weighted by molar-refractivity contribution is -0.132. The third kappa shape index (κ3) is 2.47. The van der Waals surface area contributed by atoms with Crippen LogP contribution in [0.2, 0.25) is 0 Å². The lowest BCUT2D eigenvalue weighted by atomic mass is 9.99. The molecule has 1 atom stereocenters. The number of amides is 3. The summed E-state index contributed by atoms with van der Waals surface area (Å²) in [5, 5.41) is 11.2. The fourth-order valence-electron chi connectivity index (χ4n) is 2.79. The van der Waals surface area contributed by atoms with E-state index in [2.05, 4.69) is 15.5 Å². The summed E-state index contributed by atoms with van der Waals surface area (Å²) in [5.41, 5.74) is 0.0955. The number of imide groups is 1. The van der Waals surface area contributed by atoms with Gasteiger partial charge in [0, 0.05) is 0 Å². The van der Waals surface area contributed by atoms with Gasteiger partial charge in [-0.1, -0.05) is 18.2 Å². The Balaban J connectivity index is 1.56. The van der Waals surface area contributed by atoms with Gasteiger partial charge < -0.3 is 9.73 Å². The maximum atomic E-state index is 12.7. The number of hydrogen-bond acceptors (Lipinski definition) is 5. The molecular formula is C17H15N5O3. The summed E-state index contributed by atoms with van der Waals surface area (Å²) in [6, 6.07) is 12.2. The minimum absolute atomic E-state index is 0.0355. The van der Waals surface area contributed by atoms with Gasteiger partial charge in [-0.15, -0.1) is 0 Å². The molecule has 1 fully saturated rings. The van der Waals surface area contributed by atoms with Crippen molar-refractivity contribution >= 4 is 11.9 Å². The quantitative estimate of drug-likeness (QED) is 0.733. The molecule has 126 valence electrons. The molecule has 1 saturated heterocycles. The number of furan rings is 1. The van der Waals surface area contributed by atoms with Crippen molar-refractivity contribution in [2.75, 3.05) is 0 Å². The maximum Gasteiger partial charge on any atom is 0.325 e. The molecule has 3 heterocycles. The average molecular weight is 337 g/mol. The number of carbonyl (C=O) groups is 2. The van der Waals surface area contributed by atoms with Crippen LogP contribution in [0.15, 0.2) is 59.3 Å². The van der Waals surface area contributed by atoms with Crippen LogP contribution in [0.4, 0.5) is 4.79 Å². The molecule has 0 saturated carbocycles. The topological polar surface area (TPSA) is 93.3 Å². The lowest BCUT2D eigenvalue weighted by Gasteiger charge is -2.18. The van der Waals surface area contributed by atoms with Crippen LogP contribution >= 0.6 is 0 Å². The average Bonchev–Trinajstić information content (AvgIpc) is 3.34. The molecule has 0 spiro atoms. The summed E-state index contributed by atoms with van der Waals surface area (Å²) >= 11 is 0. The van der Waals surface area contributed by atoms with E-state index < -0.39 is 11.6 Å². The summed E-state index contributed by atoms with van der Waals surface area (Å²) in [7, 11) is 0. The van der Waals surface area contributed by atoms with Crippen LogP contribution in [0.5, 0.6) is 0 Å². The minimum atomic E-state index is -1.21. The molecule has 8 nitrogen and oxygen atoms in total. The summed E-state index contributed by atoms with van der Waals surface area (Å²) < 4.78 is 5.31. The van der Waals surface area contributed by atoms with Crippen molar-refractivity contribution in [3.05, 3.63) is 66.4 Å². The number of urea groups is 1. The van der Waals surface area contributed by atoms with Gasteiger partial charge in [0.15, 0.2) is 5.54 Å². The van der Waals surface area contributed by atoms with Crippen LogP contribution in [0, 0.1) is 0 Å². The number of hydrogen-bond donors (Lipinski definition) is 1. The molecule has 0 aliphatic carbocycles. The Bertz CT molecular complexity index is 919. The van der Waals surface area contributed by atoms with E-state index in [0.29, 0.717) is 11.5 Å². The Hall–Kier alpha value is -3.42. The molecule has 4 rings (SSSR count). The van der Waals surface area contributed by atoms with Gasteiger partial charge >= 0.3 is 6.03 Å². The summed E-state index contributed by atoms with van der Waals surface area (Å²) in [6.07, 6.45) is 3.00. The third-order valence-electron chi connectivity index (χ3n) is 4.14. The van der Waals surface area contributed by atoms with Crippen LogP contribution in [-0.2, 0) is 16.9 Å². The van der Waals surface area contributed by atoms with Crippen molar-refractivity contribution in [1.29, 1.82) is 0 Å². The van der Waals surface area contributed by atoms with Gasteiger partial charge in [0.05, 0.1) is 24.7 Å². The van der Waals surface area contributed by atoms with E-state index in [1.165, 1.54) is 17.3 Å². The highest BCUT2D eigenvalue weighted by Gasteiger charge is 2.51. The molecule has 8 heteroatoms. The number of nitrogens with zero attached hydrogens (tertiary/aromatic N) is 4. The second-order valence-corrected chi connectivity index (χ2v) is 5.88. The van der Waals surface area contributed by atoms with Crippen molar-refractivity contribution in [2.24, 2.45) is 0 Å². The zero-order valence-electron chi connectivity index (χ0n) is 13.4. The first kappa shape index (κ1) is 15.1. The van der Waals surface area contributed by atoms with Crippen molar-refractivity contribution in [2.45, 2.75) is 19.0 Å². The number of nitrogens with one attached hydrogen (secondary N) is 1. The van der Waals surface area contributed by atoms with Crippen molar-refractivity contribution in [3.8, 4) is 5.69 Å². The molecule has 2 aromatic heterocycles. The summed E-state index contributed by atoms with van der Waals surface area (Å²) in [4.78, 5) is 27.6. The zero-order chi connectivity index (χ0) is 17.4. The molecule has 1 aliphatic rings. The van der Waals surface area contributed by atoms with E-state index in [1.807, 2.05) is 30.3 Å². The standard InChI is InChI=1S/C17H15N5O3/c1-17(14-8-5-9-25-14)15(23)21(16(24)19-17)11-12-10-18-22(20-12)13-6-3-2-4-7-13/h2-10H,11H2,1H3,(H,19,24)/t17-/m0/s1. The third-order valence-corrected chi connectivity index (χ3v) is 4.14. The maximum absolute atomic E-state index is 12.7. The molecule has 1 N–H and O–H groups in total. The Labute approximate surface area is 143 Å². The second-order valence-electron chi connectivity index (χ2n) is 5.88. The van der Waals surface area contributed by atoms with Crippen molar-refractivity contribution < 1.29 is 14.0 Å². The molecule has 3 aromatic rings. The van der Waals surface area contributed by atoms with Crippen LogP contribution in [0.3, 0.4) is 0 Å². The first-order chi connectivity index (χ1) is 12.1. The van der Waals surface area contributed by atoms with Crippen LogP contribution in [0.1, 0.15) is 18.4 Å². The second kappa shape index (κ2) is 5.59. The number of para-hydroxylation sites is 1. The molecule has 1 aliphatic heterocycles. The molecule has 0 unspecified atom stereocenters. The van der Waals surface area contributed by atoms with E-state index in [4.69, 9.17) is 4.42 Å². The molecule has 25 heavy (non-hydrogen) atoms. The van der Waals surface area contributed by atoms with Gasteiger partial charge in [-0.2, -0.15) is 15.0 Å². The Morgan fingerprint density at radius 2 is 1.96 bits per heavy atom. The minimum Gasteiger partial charge on any atom is -0.466 e. The van der Waals surface area contributed by atoms with Gasteiger partial charge in [-0.25, -0.2) is 4.79 Å². The van der Waals surface area contributed by atoms with E-state index in [1.54, 1.807) is 19.1 Å². The molecule has 0 bridgehead atoms. The predicted molar refractivity (Wildman–Crippen MR) is 86.5 cm³/mol. The first-order valence-electron chi connectivity index (χ1n) is 7.73. The highest BCUT2D eigenvalue weighted by Crippen LogP contribution is 2.29. The largest absolute Gasteiger partial charge is 0.466 e. The molecular weight excluding hydrogens is 322 g/mol. The smallest absolute Gasteiger partial charge is 0.325 e. The Morgan fingerprint density at radius 1 is 1.16 bits per heavy atom. The van der Waals surface area contributed by atoms with E-state index in [0.717, 1.165) is 10.6 Å². The van der Waals surface area contributed by atoms with Crippen LogP contribution < -0.4 is 5.32 Å². The van der Waals surface area contributed by atoms with Gasteiger partial charge in [-0.05, 0) is 31.2 Å². The first-order valence-corrected chi connectivity index (χ1v) is 7.73. The lowest BCUT2D eigenvalue weighted by Crippen LogP contribution is -2.40. The number of carbonyl (C=O) groups excluding carboxylic acids is 2. The molecule has 0 radical (unpaired) electrons. The van der Waals surface area contributed by atoms with Gasteiger partial charge in [0.25, 0.3) is 5.91 Å². The predicted octanol–water partition coefficient (Wildman–Crippen LogP) is 1.83. The number of benzene rings is 1. The van der Waals surface area contributed by atoms with Crippen LogP contribution in [-0.4, -0.2) is 31.8 Å². The number of aromatic nitrogens is 3. The Kier molecular flexibility index (Phi) is 3.38. The monoisotopic (exact) mass is 337 g/mol. The zero-order valence-corrected chi connectivity index (χ0v) is 13.4.